The number of rotatable bonds is 17. The Morgan fingerprint density at radius 1 is 1.08 bits per heavy atom. The van der Waals surface area contributed by atoms with Crippen molar-refractivity contribution >= 4 is 51.1 Å². The van der Waals surface area contributed by atoms with E-state index in [-0.39, 0.29) is 18.0 Å². The van der Waals surface area contributed by atoms with Crippen LogP contribution in [-0.2, 0) is 27.3 Å². The van der Waals surface area contributed by atoms with Gasteiger partial charge >= 0.3 is 5.97 Å². The van der Waals surface area contributed by atoms with Crippen LogP contribution < -0.4 is 14.2 Å². The van der Waals surface area contributed by atoms with Gasteiger partial charge in [0.25, 0.3) is 0 Å². The molecule has 3 aromatic rings. The Bertz CT molecular complexity index is 1670. The average molecular weight is 800 g/mol. The van der Waals surface area contributed by atoms with E-state index in [1.807, 2.05) is 59.9 Å². The van der Waals surface area contributed by atoms with Gasteiger partial charge in [-0.1, -0.05) is 53.7 Å². The number of aliphatic hydroxyl groups excluding tert-OH is 1. The van der Waals surface area contributed by atoms with Gasteiger partial charge in [0.1, 0.15) is 27.8 Å². The van der Waals surface area contributed by atoms with Crippen molar-refractivity contribution in [2.24, 2.45) is 5.16 Å². The number of carboxylic acids is 1. The summed E-state index contributed by atoms with van der Waals surface area (Å²) in [4.78, 5) is 19.0. The largest absolute Gasteiger partial charge is 0.493 e. The molecular weight excluding hydrogens is 752 g/mol. The summed E-state index contributed by atoms with van der Waals surface area (Å²) in [5, 5.41) is 24.8. The minimum atomic E-state index is -1.07. The molecule has 1 spiro atoms. The van der Waals surface area contributed by atoms with Gasteiger partial charge < -0.3 is 29.3 Å². The standard InChI is InChI=1S/C39H47BrN2O7S2/c1-38(26-43)25-39-32(20-29(41-48-23-34(44)45)21-33(39)51-24-27-11-5-3-6-12-27)49-37-35(39)28(22-42(38)15-9-18-50-2)19-31(36(37)40)47-17-10-16-46-30-13-7-4-8-14-30/h3-8,11-14,19,32-33,43H,9-10,15-18,20-26H2,1-2H3,(H,44,45)/b41-29-/t32-,33-,38+,39-/m1/s1. The molecule has 0 amide bonds. The fraction of sp³-hybridized carbons (Fsp3) is 0.487. The second-order valence-electron chi connectivity index (χ2n) is 13.7. The van der Waals surface area contributed by atoms with Crippen LogP contribution in [0.3, 0.4) is 0 Å². The number of hydrogen-bond donors (Lipinski definition) is 2. The van der Waals surface area contributed by atoms with E-state index in [0.717, 1.165) is 57.5 Å². The lowest BCUT2D eigenvalue weighted by Crippen LogP contribution is -2.59. The van der Waals surface area contributed by atoms with Gasteiger partial charge in [0.2, 0.25) is 6.61 Å². The van der Waals surface area contributed by atoms with Crippen molar-refractivity contribution in [3.8, 4) is 17.2 Å². The van der Waals surface area contributed by atoms with Crippen molar-refractivity contribution in [3.05, 3.63) is 87.9 Å². The number of para-hydroxylation sites is 1. The molecule has 0 radical (unpaired) electrons. The molecule has 0 saturated heterocycles. The Balaban J connectivity index is 1.38. The highest BCUT2D eigenvalue weighted by Gasteiger charge is 2.62. The SMILES string of the molecule is CSCCCN1Cc2cc(OCCCOc3ccccc3)c(Br)c3c2[C@]2(C[C@@]1(C)CO)[C@@H](C/C(=N/OCC(=O)O)C[C@H]2SCc1ccccc1)O3. The van der Waals surface area contributed by atoms with Gasteiger partial charge in [0.05, 0.1) is 30.9 Å². The molecule has 0 unspecified atom stereocenters. The van der Waals surface area contributed by atoms with Gasteiger partial charge in [0.15, 0.2) is 0 Å². The number of halogens is 1. The average Bonchev–Trinajstić information content (AvgIpc) is 3.42. The summed E-state index contributed by atoms with van der Waals surface area (Å²) in [6.07, 6.45) is 5.34. The topological polar surface area (TPSA) is 110 Å². The molecule has 51 heavy (non-hydrogen) atoms. The lowest BCUT2D eigenvalue weighted by atomic mass is 9.62. The van der Waals surface area contributed by atoms with Crippen molar-refractivity contribution < 1.29 is 34.1 Å². The van der Waals surface area contributed by atoms with Crippen LogP contribution in [0.2, 0.25) is 0 Å². The first kappa shape index (κ1) is 37.8. The highest BCUT2D eigenvalue weighted by molar-refractivity contribution is 9.10. The van der Waals surface area contributed by atoms with Crippen LogP contribution in [0.5, 0.6) is 17.2 Å². The maximum atomic E-state index is 11.3. The van der Waals surface area contributed by atoms with Crippen LogP contribution in [0, 0.1) is 0 Å². The summed E-state index contributed by atoms with van der Waals surface area (Å²) in [5.41, 5.74) is 3.35. The van der Waals surface area contributed by atoms with Gasteiger partial charge in [-0.25, -0.2) is 4.79 Å². The predicted octanol–water partition coefficient (Wildman–Crippen LogP) is 7.56. The van der Waals surface area contributed by atoms with Crippen LogP contribution in [0.1, 0.15) is 55.7 Å². The van der Waals surface area contributed by atoms with E-state index < -0.39 is 23.5 Å². The highest BCUT2D eigenvalue weighted by atomic mass is 79.9. The summed E-state index contributed by atoms with van der Waals surface area (Å²) in [7, 11) is 0. The molecule has 2 aliphatic heterocycles. The van der Waals surface area contributed by atoms with E-state index in [1.165, 1.54) is 11.1 Å². The fourth-order valence-electron chi connectivity index (χ4n) is 7.74. The molecule has 1 fully saturated rings. The van der Waals surface area contributed by atoms with Crippen molar-refractivity contribution in [1.29, 1.82) is 0 Å². The van der Waals surface area contributed by atoms with E-state index >= 15 is 0 Å². The summed E-state index contributed by atoms with van der Waals surface area (Å²) in [5.74, 6) is 3.11. The maximum Gasteiger partial charge on any atom is 0.344 e. The van der Waals surface area contributed by atoms with Crippen LogP contribution in [0.15, 0.2) is 76.4 Å². The molecule has 3 aromatic carbocycles. The number of ether oxygens (including phenoxy) is 3. The summed E-state index contributed by atoms with van der Waals surface area (Å²) < 4.78 is 20.2. The first-order valence-corrected chi connectivity index (χ1v) is 20.7. The molecule has 0 bridgehead atoms. The number of carboxylic acid groups (broad SMARTS) is 1. The van der Waals surface area contributed by atoms with Gasteiger partial charge in [-0.3, -0.25) is 4.90 Å². The fourth-order valence-corrected chi connectivity index (χ4v) is 10.2. The smallest absolute Gasteiger partial charge is 0.344 e. The number of carbonyl (C=O) groups is 1. The number of thioether (sulfide) groups is 2. The first-order chi connectivity index (χ1) is 24.8. The molecule has 1 saturated carbocycles. The Labute approximate surface area is 317 Å². The Hall–Kier alpha value is -2.90. The van der Waals surface area contributed by atoms with E-state index in [0.29, 0.717) is 45.4 Å². The zero-order valence-electron chi connectivity index (χ0n) is 29.2. The van der Waals surface area contributed by atoms with Gasteiger partial charge in [-0.15, -0.1) is 0 Å². The summed E-state index contributed by atoms with van der Waals surface area (Å²) in [6, 6.07) is 22.4. The molecule has 274 valence electrons. The first-order valence-electron chi connectivity index (χ1n) is 17.5. The lowest BCUT2D eigenvalue weighted by Gasteiger charge is -2.49. The van der Waals surface area contributed by atoms with Crippen LogP contribution in [-0.4, -0.2) is 88.7 Å². The van der Waals surface area contributed by atoms with E-state index in [2.05, 4.69) is 69.5 Å². The Kier molecular flexibility index (Phi) is 12.8. The predicted molar refractivity (Wildman–Crippen MR) is 208 cm³/mol. The van der Waals surface area contributed by atoms with E-state index in [9.17, 15) is 15.0 Å². The minimum Gasteiger partial charge on any atom is -0.493 e. The monoisotopic (exact) mass is 798 g/mol. The molecule has 9 nitrogen and oxygen atoms in total. The van der Waals surface area contributed by atoms with Crippen LogP contribution in [0.4, 0.5) is 0 Å². The molecular formula is C39H47BrN2O7S2. The second-order valence-corrected chi connectivity index (χ2v) is 16.6. The summed E-state index contributed by atoms with van der Waals surface area (Å²) in [6.45, 7) is 4.22. The zero-order valence-corrected chi connectivity index (χ0v) is 32.4. The normalized spacial score (nSPS) is 24.7. The van der Waals surface area contributed by atoms with Gasteiger partial charge in [0, 0.05) is 47.9 Å². The van der Waals surface area contributed by atoms with Crippen molar-refractivity contribution in [2.45, 2.75) is 73.6 Å². The van der Waals surface area contributed by atoms with E-state index in [4.69, 9.17) is 19.0 Å². The minimum absolute atomic E-state index is 0.00867. The van der Waals surface area contributed by atoms with E-state index in [1.54, 1.807) is 0 Å². The van der Waals surface area contributed by atoms with Crippen molar-refractivity contribution in [1.82, 2.24) is 4.90 Å². The molecule has 2 N–H and O–H groups in total. The molecule has 4 atom stereocenters. The van der Waals surface area contributed by atoms with Crippen LogP contribution >= 0.6 is 39.5 Å². The zero-order chi connectivity index (χ0) is 35.8. The Morgan fingerprint density at radius 3 is 2.55 bits per heavy atom. The third-order valence-electron chi connectivity index (χ3n) is 10.1. The molecule has 1 aliphatic carbocycles. The van der Waals surface area contributed by atoms with Crippen LogP contribution in [0.25, 0.3) is 0 Å². The Morgan fingerprint density at radius 2 is 1.82 bits per heavy atom. The second kappa shape index (κ2) is 17.3. The maximum absolute atomic E-state index is 11.3. The summed E-state index contributed by atoms with van der Waals surface area (Å²) >= 11 is 7.63. The van der Waals surface area contributed by atoms with Gasteiger partial charge in [-0.2, -0.15) is 23.5 Å². The lowest BCUT2D eigenvalue weighted by molar-refractivity contribution is -0.142. The number of oxime groups is 1. The van der Waals surface area contributed by atoms with Crippen molar-refractivity contribution in [3.63, 3.8) is 0 Å². The third-order valence-corrected chi connectivity index (χ3v) is 13.1. The quantitative estimate of drug-likeness (QED) is 0.105. The number of aliphatic hydroxyl groups is 1. The molecule has 2 heterocycles. The molecule has 6 rings (SSSR count). The molecule has 0 aromatic heterocycles. The highest BCUT2D eigenvalue weighted by Crippen LogP contribution is 2.62. The van der Waals surface area contributed by atoms with Gasteiger partial charge in [-0.05, 0) is 83.6 Å². The number of nitrogens with zero attached hydrogens (tertiary/aromatic N) is 2. The third kappa shape index (κ3) is 8.51. The number of benzene rings is 3. The molecule has 12 heteroatoms. The van der Waals surface area contributed by atoms with Crippen molar-refractivity contribution in [2.75, 3.05) is 45.0 Å². The number of aliphatic carboxylic acids is 1. The molecule has 3 aliphatic rings. The number of hydrogen-bond acceptors (Lipinski definition) is 10.